The van der Waals surface area contributed by atoms with Crippen LogP contribution in [-0.2, 0) is 30.1 Å². The maximum absolute atomic E-state index is 14.6. The van der Waals surface area contributed by atoms with Gasteiger partial charge >= 0.3 is 13.1 Å². The minimum absolute atomic E-state index is 0.00595. The Hall–Kier alpha value is -4.10. The molecule has 5 rings (SSSR count). The van der Waals surface area contributed by atoms with Crippen LogP contribution in [0.15, 0.2) is 53.6 Å². The van der Waals surface area contributed by atoms with Crippen molar-refractivity contribution in [3.8, 4) is 0 Å². The van der Waals surface area contributed by atoms with Crippen molar-refractivity contribution < 1.29 is 38.3 Å². The molecule has 2 saturated heterocycles. The number of Topliss-reactive ketones (excluding diaryl/α,β-unsaturated/α-hetero) is 1. The number of halogens is 1. The van der Waals surface area contributed by atoms with Crippen molar-refractivity contribution in [1.82, 2.24) is 14.7 Å². The van der Waals surface area contributed by atoms with Gasteiger partial charge in [0.1, 0.15) is 22.8 Å². The quantitative estimate of drug-likeness (QED) is 0.116. The summed E-state index contributed by atoms with van der Waals surface area (Å²) < 4.78 is 17.9. The summed E-state index contributed by atoms with van der Waals surface area (Å²) in [7, 11) is -0.506. The molecule has 13 nitrogen and oxygen atoms in total. The van der Waals surface area contributed by atoms with E-state index in [1.807, 2.05) is 48.5 Å². The van der Waals surface area contributed by atoms with E-state index in [0.29, 0.717) is 35.3 Å². The summed E-state index contributed by atoms with van der Waals surface area (Å²) in [5.74, 6) is -2.59. The number of benzene rings is 2. The number of carbonyl (C=O) groups is 4. The molecule has 3 aliphatic heterocycles. The lowest BCUT2D eigenvalue weighted by Crippen LogP contribution is -2.60. The Balaban J connectivity index is 1.45. The van der Waals surface area contributed by atoms with E-state index in [0.717, 1.165) is 10.5 Å². The van der Waals surface area contributed by atoms with Gasteiger partial charge in [0.05, 0.1) is 23.8 Å². The van der Waals surface area contributed by atoms with Crippen LogP contribution in [-0.4, -0.2) is 83.2 Å². The average Bonchev–Trinajstić information content (AvgIpc) is 3.54. The molecular formula is C37H47BClN5O8. The largest absolute Gasteiger partial charge is 0.530 e. The van der Waals surface area contributed by atoms with Crippen LogP contribution in [0.4, 0.5) is 4.79 Å². The van der Waals surface area contributed by atoms with Crippen LogP contribution in [0.2, 0.25) is 11.3 Å². The van der Waals surface area contributed by atoms with Crippen LogP contribution in [0, 0.1) is 16.9 Å². The van der Waals surface area contributed by atoms with Gasteiger partial charge < -0.3 is 33.7 Å². The van der Waals surface area contributed by atoms with Crippen LogP contribution in [0.25, 0.3) is 0 Å². The summed E-state index contributed by atoms with van der Waals surface area (Å²) >= 11 is 6.35. The van der Waals surface area contributed by atoms with E-state index in [1.165, 1.54) is 4.90 Å². The van der Waals surface area contributed by atoms with Gasteiger partial charge in [-0.1, -0.05) is 75.2 Å². The number of ether oxygens (including phenoxy) is 1. The molecule has 0 radical (unpaired) electrons. The summed E-state index contributed by atoms with van der Waals surface area (Å²) in [4.78, 5) is 60.2. The van der Waals surface area contributed by atoms with Gasteiger partial charge in [-0.05, 0) is 69.1 Å². The molecule has 15 heteroatoms. The SMILES string of the molecule is CC(C)(C)C1c2cc(Cl)ccc2CC(C(=O)N2C[C@H](CCCB3OC(C)(C)C(C)(C)O3)[C@](N=[N+]=N)(C(=O)OCC(=O)c3ccccc3)C2)N1C(=O)[O-]. The summed E-state index contributed by atoms with van der Waals surface area (Å²) in [5.41, 5.74) is 5.97. The van der Waals surface area contributed by atoms with Gasteiger partial charge in [-0.2, -0.15) is 0 Å². The Bertz CT molecular complexity index is 1750. The summed E-state index contributed by atoms with van der Waals surface area (Å²) in [5, 5.41) is 17.4. The average molecular weight is 736 g/mol. The highest BCUT2D eigenvalue weighted by Gasteiger charge is 2.60. The molecule has 3 heterocycles. The minimum atomic E-state index is -1.83. The maximum Gasteiger partial charge on any atom is 0.457 e. The number of carboxylic acid groups (broad SMARTS) is 1. The van der Waals surface area contributed by atoms with Gasteiger partial charge in [-0.3, -0.25) is 9.59 Å². The smallest absolute Gasteiger partial charge is 0.457 e. The molecule has 0 bridgehead atoms. The van der Waals surface area contributed by atoms with E-state index in [-0.39, 0.29) is 19.5 Å². The lowest BCUT2D eigenvalue weighted by Gasteiger charge is -2.50. The lowest BCUT2D eigenvalue weighted by atomic mass is 9.75. The predicted octanol–water partition coefficient (Wildman–Crippen LogP) is 5.04. The number of fused-ring (bicyclic) bond motifs is 1. The zero-order chi connectivity index (χ0) is 38.2. The Kier molecular flexibility index (Phi) is 11.1. The van der Waals surface area contributed by atoms with Gasteiger partial charge in [0.2, 0.25) is 10.8 Å². The molecule has 3 aliphatic rings. The van der Waals surface area contributed by atoms with E-state index in [1.54, 1.807) is 48.5 Å². The van der Waals surface area contributed by atoms with Crippen molar-refractivity contribution in [3.05, 3.63) is 70.2 Å². The molecule has 2 amide bonds. The van der Waals surface area contributed by atoms with E-state index in [4.69, 9.17) is 31.2 Å². The van der Waals surface area contributed by atoms with Gasteiger partial charge in [0, 0.05) is 29.5 Å². The van der Waals surface area contributed by atoms with Crippen LogP contribution in [0.3, 0.4) is 0 Å². The molecule has 0 saturated carbocycles. The monoisotopic (exact) mass is 735 g/mol. The van der Waals surface area contributed by atoms with Gasteiger partial charge in [0.15, 0.2) is 12.4 Å². The number of ketones is 1. The Morgan fingerprint density at radius 1 is 1.08 bits per heavy atom. The highest BCUT2D eigenvalue weighted by Crippen LogP contribution is 2.46. The van der Waals surface area contributed by atoms with Crippen molar-refractivity contribution in [2.24, 2.45) is 16.4 Å². The predicted molar refractivity (Wildman–Crippen MR) is 190 cm³/mol. The Morgan fingerprint density at radius 3 is 2.33 bits per heavy atom. The van der Waals surface area contributed by atoms with Crippen LogP contribution < -0.4 is 10.0 Å². The molecule has 4 atom stereocenters. The topological polar surface area (TPSA) is 176 Å². The number of esters is 1. The summed E-state index contributed by atoms with van der Waals surface area (Å²) in [6, 6.07) is 11.6. The van der Waals surface area contributed by atoms with E-state index in [9.17, 15) is 24.3 Å². The van der Waals surface area contributed by atoms with Crippen molar-refractivity contribution in [2.75, 3.05) is 19.7 Å². The van der Waals surface area contributed by atoms with Crippen molar-refractivity contribution in [1.29, 1.82) is 5.53 Å². The minimum Gasteiger partial charge on any atom is -0.530 e. The molecule has 278 valence electrons. The molecular weight excluding hydrogens is 689 g/mol. The molecule has 2 unspecified atom stereocenters. The Morgan fingerprint density at radius 2 is 1.73 bits per heavy atom. The van der Waals surface area contributed by atoms with Crippen LogP contribution in [0.1, 0.15) is 88.8 Å². The fraction of sp³-hybridized carbons (Fsp3) is 0.568. The number of nitrogens with zero attached hydrogens (tertiary/aromatic N) is 4. The highest BCUT2D eigenvalue weighted by atomic mass is 35.5. The third kappa shape index (κ3) is 7.66. The van der Waals surface area contributed by atoms with Crippen molar-refractivity contribution >= 4 is 42.5 Å². The molecule has 1 N–H and O–H groups in total. The molecule has 2 aromatic rings. The first kappa shape index (κ1) is 39.1. The second-order valence-corrected chi connectivity index (χ2v) is 16.5. The number of hydrogen-bond acceptors (Lipinski definition) is 10. The summed E-state index contributed by atoms with van der Waals surface area (Å²) in [6.07, 6.45) is -0.171. The molecule has 2 fully saturated rings. The normalized spacial score (nSPS) is 24.9. The van der Waals surface area contributed by atoms with Crippen LogP contribution in [0.5, 0.6) is 0 Å². The Labute approximate surface area is 309 Å². The number of hydrogen-bond donors (Lipinski definition) is 1. The first-order valence-corrected chi connectivity index (χ1v) is 18.0. The van der Waals surface area contributed by atoms with Gasteiger partial charge in [-0.25, -0.2) is 4.79 Å². The molecule has 0 aliphatic carbocycles. The molecule has 52 heavy (non-hydrogen) atoms. The number of nitrogens with one attached hydrogen (secondary N) is 1. The van der Waals surface area contributed by atoms with Gasteiger partial charge in [0.25, 0.3) is 5.54 Å². The fourth-order valence-electron chi connectivity index (χ4n) is 7.63. The number of carbonyl (C=O) groups excluding carboxylic acids is 4. The van der Waals surface area contributed by atoms with Crippen LogP contribution >= 0.6 is 11.6 Å². The maximum atomic E-state index is 14.6. The molecule has 0 aromatic heterocycles. The second kappa shape index (κ2) is 14.7. The van der Waals surface area contributed by atoms with Crippen molar-refractivity contribution in [2.45, 2.75) is 103 Å². The summed E-state index contributed by atoms with van der Waals surface area (Å²) in [6.45, 7) is 12.5. The fourth-order valence-corrected chi connectivity index (χ4v) is 7.81. The van der Waals surface area contributed by atoms with E-state index in [2.05, 4.69) is 10.0 Å². The van der Waals surface area contributed by atoms with E-state index < -0.39 is 77.6 Å². The number of amides is 2. The first-order valence-electron chi connectivity index (χ1n) is 17.6. The molecule has 2 aromatic carbocycles. The standard InChI is InChI=1S/C37H47BClN5O8/c1-34(2,3)30-27-19-26(39)16-15-24(27)18-28(44(30)33(48)49)31(46)43-20-25(14-11-17-38-51-35(4,5)36(6,7)52-38)37(22-43,41-42-40)32(47)50-21-29(45)23-12-9-8-10-13-23/h8-10,12-13,15-16,19,25,28,30,40H,11,14,17-18,20-22H2,1-7H3/t25-,28?,30?,37-/m0/s1. The molecule has 0 spiro atoms. The zero-order valence-corrected chi connectivity index (χ0v) is 31.6. The lowest BCUT2D eigenvalue weighted by molar-refractivity contribution is -0.273. The number of likely N-dealkylation sites (tertiary alicyclic amines) is 1. The number of rotatable bonds is 10. The second-order valence-electron chi connectivity index (χ2n) is 16.0. The van der Waals surface area contributed by atoms with Gasteiger partial charge in [-0.15, -0.1) is 0 Å². The third-order valence-corrected chi connectivity index (χ3v) is 11.1. The van der Waals surface area contributed by atoms with E-state index >= 15 is 0 Å². The third-order valence-electron chi connectivity index (χ3n) is 10.9. The van der Waals surface area contributed by atoms with Crippen molar-refractivity contribution in [3.63, 3.8) is 0 Å². The highest BCUT2D eigenvalue weighted by molar-refractivity contribution is 6.45. The first-order chi connectivity index (χ1) is 24.3. The zero-order valence-electron chi connectivity index (χ0n) is 30.8.